The third-order valence-corrected chi connectivity index (χ3v) is 68.3. The fourth-order valence-corrected chi connectivity index (χ4v) is 85.9. The van der Waals surface area contributed by atoms with Crippen molar-refractivity contribution < 1.29 is 49.4 Å². The molecule has 7 aliphatic carbocycles. The van der Waals surface area contributed by atoms with Gasteiger partial charge in [0.05, 0.1) is 0 Å². The van der Waals surface area contributed by atoms with E-state index in [1.54, 1.807) is 0 Å². The minimum Gasteiger partial charge on any atom is -0.376 e. The van der Waals surface area contributed by atoms with E-state index < -0.39 is 77.5 Å². The molecule has 12 nitrogen and oxygen atoms in total. The maximum absolute atomic E-state index is 8.63. The van der Waals surface area contributed by atoms with Gasteiger partial charge in [-0.15, -0.1) is 0 Å². The monoisotopic (exact) mass is 1010 g/mol. The van der Waals surface area contributed by atoms with Gasteiger partial charge in [0.2, 0.25) is 0 Å². The van der Waals surface area contributed by atoms with Crippen molar-refractivity contribution >= 4 is 77.5 Å². The van der Waals surface area contributed by atoms with E-state index in [1.807, 2.05) is 0 Å². The smallest absolute Gasteiger partial charge is 0.376 e. The molecule has 8 bridgehead atoms. The molecule has 0 aromatic rings. The first-order valence-electron chi connectivity index (χ1n) is 26.4. The first-order valence-corrected chi connectivity index (χ1v) is 45.0. The van der Waals surface area contributed by atoms with Gasteiger partial charge in [0.25, 0.3) is 0 Å². The average Bonchev–Trinajstić information content (AvgIpc) is 4.05. The second-order valence-electron chi connectivity index (χ2n) is 22.9. The van der Waals surface area contributed by atoms with E-state index in [4.69, 9.17) is 49.4 Å². The third kappa shape index (κ3) is 7.06. The van der Waals surface area contributed by atoms with Crippen molar-refractivity contribution in [2.24, 2.45) is 0 Å². The number of hydrogen-bond donors (Lipinski definition) is 0. The molecular formula is C41H78O12Si9. The van der Waals surface area contributed by atoms with Crippen LogP contribution in [0.2, 0.25) is 57.9 Å². The van der Waals surface area contributed by atoms with Crippen molar-refractivity contribution in [3.8, 4) is 0 Å². The van der Waals surface area contributed by atoms with E-state index in [1.165, 1.54) is 0 Å². The average molecular weight is 1020 g/mol. The van der Waals surface area contributed by atoms with Crippen LogP contribution in [0.1, 0.15) is 200 Å². The zero-order valence-corrected chi connectivity index (χ0v) is 47.4. The van der Waals surface area contributed by atoms with Crippen molar-refractivity contribution in [2.75, 3.05) is 0 Å². The summed E-state index contributed by atoms with van der Waals surface area (Å²) in [6, 6.07) is 1.03. The minimum atomic E-state index is -3.91. The van der Waals surface area contributed by atoms with Gasteiger partial charge in [-0.2, -0.15) is 0 Å². The summed E-state index contributed by atoms with van der Waals surface area (Å²) in [7, 11) is -33.8. The fraction of sp³-hybridized carbons (Fsp3) is 1.00. The Morgan fingerprint density at radius 2 is 0.484 bits per heavy atom. The third-order valence-electron chi connectivity index (χ3n) is 18.4. The summed E-state index contributed by atoms with van der Waals surface area (Å²) in [5.74, 6) is 0. The lowest BCUT2D eigenvalue weighted by Crippen LogP contribution is -2.93. The van der Waals surface area contributed by atoms with Crippen LogP contribution in [-0.2, 0) is 49.4 Å². The van der Waals surface area contributed by atoms with E-state index in [-0.39, 0.29) is 38.8 Å². The molecule has 21 heteroatoms. The highest BCUT2D eigenvalue weighted by atomic mass is 29.3. The first-order chi connectivity index (χ1) is 30.0. The van der Waals surface area contributed by atoms with Crippen molar-refractivity contribution in [3.05, 3.63) is 0 Å². The zero-order valence-electron chi connectivity index (χ0n) is 38.4. The van der Waals surface area contributed by atoms with Crippen molar-refractivity contribution in [1.82, 2.24) is 0 Å². The van der Waals surface area contributed by atoms with Crippen LogP contribution in [0.5, 0.6) is 0 Å². The Morgan fingerprint density at radius 3 is 0.661 bits per heavy atom. The van der Waals surface area contributed by atoms with Crippen LogP contribution in [0.3, 0.4) is 0 Å². The van der Waals surface area contributed by atoms with Crippen molar-refractivity contribution in [1.29, 1.82) is 0 Å². The Kier molecular flexibility index (Phi) is 11.9. The van der Waals surface area contributed by atoms with E-state index in [9.17, 15) is 0 Å². The molecule has 0 radical (unpaired) electrons. The van der Waals surface area contributed by atoms with E-state index in [2.05, 4.69) is 20.0 Å². The minimum absolute atomic E-state index is 0.0843. The molecule has 0 atom stereocenters. The maximum Gasteiger partial charge on any atom is 0.482 e. The number of hydrogen-bond acceptors (Lipinski definition) is 12. The molecule has 0 amide bonds. The van der Waals surface area contributed by atoms with Crippen LogP contribution in [0, 0.1) is 0 Å². The topological polar surface area (TPSA) is 111 Å². The van der Waals surface area contributed by atoms with Gasteiger partial charge in [0.15, 0.2) is 0 Å². The summed E-state index contributed by atoms with van der Waals surface area (Å²) in [5, 5.41) is 0. The van der Waals surface area contributed by atoms with E-state index in [0.29, 0.717) is 0 Å². The molecule has 7 saturated carbocycles. The molecule has 0 spiro atoms. The number of rotatable bonds is 11. The summed E-state index contributed by atoms with van der Waals surface area (Å²) < 4.78 is 103. The molecule has 0 aromatic carbocycles. The normalized spacial score (nSPS) is 47.9. The fourth-order valence-electron chi connectivity index (χ4n) is 14.7. The molecule has 13 aliphatic rings. The van der Waals surface area contributed by atoms with Crippen LogP contribution in [0.25, 0.3) is 0 Å². The molecular weight excluding hydrogens is 937 g/mol. The van der Waals surface area contributed by atoms with Crippen LogP contribution >= 0.6 is 0 Å². The summed E-state index contributed by atoms with van der Waals surface area (Å²) in [6.07, 6.45) is 32.1. The SMILES string of the molecule is CCCC[Si](C)(C)[Si]12O[Si]3(C4CCCC4)O[Si]4(C5CCCC5)O[Si]5(C6CCCC6)O[Si](C6CCCC6)(O3)O[Si](C3CCCC3)(O[Si](C3CCCC3)(O5)O[Si](C3CCCC3)(O4)O1)O2. The predicted octanol–water partition coefficient (Wildman–Crippen LogP) is 12.0. The van der Waals surface area contributed by atoms with Gasteiger partial charge in [-0.3, -0.25) is 0 Å². The summed E-state index contributed by atoms with van der Waals surface area (Å²) in [6.45, 7) is 7.34. The van der Waals surface area contributed by atoms with Crippen molar-refractivity contribution in [2.45, 2.75) is 257 Å². The molecule has 6 saturated heterocycles. The Balaban J connectivity index is 1.20. The van der Waals surface area contributed by atoms with Gasteiger partial charge < -0.3 is 49.4 Å². The summed E-state index contributed by atoms with van der Waals surface area (Å²) in [4.78, 5) is 0. The Hall–Kier alpha value is 1.47. The van der Waals surface area contributed by atoms with Crippen LogP contribution in [0.4, 0.5) is 0 Å². The maximum atomic E-state index is 8.63. The van der Waals surface area contributed by atoms with Gasteiger partial charge in [-0.05, 0) is 89.9 Å². The standard InChI is InChI=1S/C41H78O12Si9/c1-4-5-34-54(2,3)62-51-59(39-28-14-15-29-39)45-56(36-22-8-9-23-36)42-55(35-20-6-7-21-35)43-57(47-59,37-24-10-11-25-37)49-61(53-62,41-32-18-19-33-41)50-58(44-55,38-26-12-13-27-38)48-60(46-56,52-62)40-30-16-17-31-40/h35-41H,4-34H2,1-3H3. The molecule has 13 rings (SSSR count). The first kappa shape index (κ1) is 44.7. The van der Waals surface area contributed by atoms with E-state index >= 15 is 0 Å². The number of unbranched alkanes of at least 4 members (excludes halogenated alkanes) is 1. The van der Waals surface area contributed by atoms with Gasteiger partial charge in [-0.25, -0.2) is 0 Å². The quantitative estimate of drug-likeness (QED) is 0.184. The molecule has 13 fully saturated rings. The van der Waals surface area contributed by atoms with Crippen LogP contribution in [0.15, 0.2) is 0 Å². The Morgan fingerprint density at radius 1 is 0.306 bits per heavy atom. The predicted molar refractivity (Wildman–Crippen MR) is 252 cm³/mol. The lowest BCUT2D eigenvalue weighted by molar-refractivity contribution is -0.0419. The molecule has 6 aliphatic heterocycles. The zero-order chi connectivity index (χ0) is 41.9. The Labute approximate surface area is 382 Å². The largest absolute Gasteiger partial charge is 0.482 e. The molecule has 350 valence electrons. The second kappa shape index (κ2) is 16.5. The van der Waals surface area contributed by atoms with Gasteiger partial charge in [0, 0.05) is 38.8 Å². The highest BCUT2D eigenvalue weighted by Crippen LogP contribution is 2.66. The van der Waals surface area contributed by atoms with Gasteiger partial charge in [0.1, 0.15) is 7.59 Å². The second-order valence-corrected chi connectivity index (χ2v) is 58.1. The van der Waals surface area contributed by atoms with Crippen LogP contribution < -0.4 is 0 Å². The van der Waals surface area contributed by atoms with E-state index in [0.717, 1.165) is 199 Å². The molecule has 6 heterocycles. The molecule has 62 heavy (non-hydrogen) atoms. The van der Waals surface area contributed by atoms with Crippen molar-refractivity contribution in [3.63, 3.8) is 0 Å². The van der Waals surface area contributed by atoms with Gasteiger partial charge >= 0.3 is 70.0 Å². The molecule has 0 aromatic heterocycles. The van der Waals surface area contributed by atoms with Crippen LogP contribution in [-0.4, -0.2) is 77.5 Å². The highest BCUT2D eigenvalue weighted by Gasteiger charge is 2.89. The van der Waals surface area contributed by atoms with Gasteiger partial charge in [-0.1, -0.05) is 129 Å². The summed E-state index contributed by atoms with van der Waals surface area (Å²) in [5.41, 5.74) is 0.609. The highest BCUT2D eigenvalue weighted by molar-refractivity contribution is 7.38. The lowest BCUT2D eigenvalue weighted by Gasteiger charge is -2.68. The summed E-state index contributed by atoms with van der Waals surface area (Å²) >= 11 is 0. The molecule has 0 N–H and O–H groups in total. The Bertz CT molecular complexity index is 1460. The lowest BCUT2D eigenvalue weighted by atomic mass is 10.4. The molecule has 0 unspecified atom stereocenters.